The van der Waals surface area contributed by atoms with Crippen LogP contribution >= 0.6 is 0 Å². The van der Waals surface area contributed by atoms with E-state index in [0.29, 0.717) is 17.2 Å². The van der Waals surface area contributed by atoms with Gasteiger partial charge in [-0.2, -0.15) is 0 Å². The van der Waals surface area contributed by atoms with Gasteiger partial charge < -0.3 is 19.9 Å². The predicted octanol–water partition coefficient (Wildman–Crippen LogP) is 2.16. The number of ether oxygens (including phenoxy) is 2. The summed E-state index contributed by atoms with van der Waals surface area (Å²) in [4.78, 5) is 22.9. The summed E-state index contributed by atoms with van der Waals surface area (Å²) in [7, 11) is 0. The number of nitrogens with one attached hydrogen (secondary N) is 1. The number of hydrogen-bond acceptors (Lipinski definition) is 4. The van der Waals surface area contributed by atoms with Crippen molar-refractivity contribution in [2.24, 2.45) is 0 Å². The quantitative estimate of drug-likeness (QED) is 0.907. The van der Waals surface area contributed by atoms with Gasteiger partial charge in [-0.3, -0.25) is 4.79 Å². The van der Waals surface area contributed by atoms with Crippen LogP contribution in [0.4, 0.5) is 5.69 Å². The van der Waals surface area contributed by atoms with E-state index >= 15 is 0 Å². The number of fused-ring (bicyclic) bond motifs is 1. The Hall–Kier alpha value is -3.02. The van der Waals surface area contributed by atoms with E-state index in [-0.39, 0.29) is 18.1 Å². The van der Waals surface area contributed by atoms with Crippen LogP contribution in [-0.2, 0) is 4.79 Å². The molecule has 0 aliphatic carbocycles. The highest BCUT2D eigenvalue weighted by molar-refractivity contribution is 5.95. The van der Waals surface area contributed by atoms with E-state index in [9.17, 15) is 9.59 Å². The fourth-order valence-electron chi connectivity index (χ4n) is 2.07. The zero-order valence-corrected chi connectivity index (χ0v) is 11.5. The average Bonchev–Trinajstić information content (AvgIpc) is 2.55. The molecule has 0 fully saturated rings. The van der Waals surface area contributed by atoms with Gasteiger partial charge in [-0.05, 0) is 36.4 Å². The maximum Gasteiger partial charge on any atom is 0.335 e. The fourth-order valence-corrected chi connectivity index (χ4v) is 2.07. The normalized spacial score (nSPS) is 15.9. The second-order valence-electron chi connectivity index (χ2n) is 4.74. The smallest absolute Gasteiger partial charge is 0.335 e. The minimum absolute atomic E-state index is 0.121. The molecule has 2 aromatic carbocycles. The molecule has 0 aromatic heterocycles. The molecule has 0 saturated carbocycles. The van der Waals surface area contributed by atoms with Gasteiger partial charge in [-0.25, -0.2) is 4.79 Å². The lowest BCUT2D eigenvalue weighted by molar-refractivity contribution is -0.125. The first-order chi connectivity index (χ1) is 10.6. The van der Waals surface area contributed by atoms with Gasteiger partial charge in [0.1, 0.15) is 6.61 Å². The van der Waals surface area contributed by atoms with Crippen LogP contribution < -0.4 is 14.8 Å². The highest BCUT2D eigenvalue weighted by atomic mass is 16.6. The Bertz CT molecular complexity index is 711. The summed E-state index contributed by atoms with van der Waals surface area (Å²) < 4.78 is 11.1. The molecule has 0 radical (unpaired) electrons. The summed E-state index contributed by atoms with van der Waals surface area (Å²) >= 11 is 0. The number of carbonyl (C=O) groups excluding carboxylic acids is 1. The van der Waals surface area contributed by atoms with Crippen LogP contribution in [0, 0.1) is 0 Å². The Morgan fingerprint density at radius 3 is 2.41 bits per heavy atom. The number of anilines is 1. The highest BCUT2D eigenvalue weighted by Gasteiger charge is 2.27. The average molecular weight is 299 g/mol. The standard InChI is InChI=1S/C16H13NO5/c18-15(17-11-7-5-10(6-8-11)16(19)20)14-9-21-12-3-1-2-4-13(12)22-14/h1-8,14H,9H2,(H,17,18)(H,19,20)/t14-/m0/s1. The number of benzene rings is 2. The Labute approximate surface area is 126 Å². The van der Waals surface area contributed by atoms with Crippen molar-refractivity contribution in [2.75, 3.05) is 11.9 Å². The minimum Gasteiger partial charge on any atom is -0.485 e. The van der Waals surface area contributed by atoms with Crippen LogP contribution in [0.5, 0.6) is 11.5 Å². The minimum atomic E-state index is -1.02. The molecule has 1 aliphatic heterocycles. The van der Waals surface area contributed by atoms with Crippen molar-refractivity contribution in [3.63, 3.8) is 0 Å². The maximum absolute atomic E-state index is 12.2. The van der Waals surface area contributed by atoms with Crippen molar-refractivity contribution in [2.45, 2.75) is 6.10 Å². The molecule has 3 rings (SSSR count). The van der Waals surface area contributed by atoms with E-state index < -0.39 is 12.1 Å². The van der Waals surface area contributed by atoms with Crippen LogP contribution in [0.3, 0.4) is 0 Å². The number of carboxylic acids is 1. The molecule has 2 N–H and O–H groups in total. The molecule has 6 nitrogen and oxygen atoms in total. The van der Waals surface area contributed by atoms with Gasteiger partial charge in [-0.1, -0.05) is 12.1 Å². The van der Waals surface area contributed by atoms with Crippen LogP contribution in [0.15, 0.2) is 48.5 Å². The third-order valence-corrected chi connectivity index (χ3v) is 3.20. The number of rotatable bonds is 3. The first-order valence-electron chi connectivity index (χ1n) is 6.66. The Morgan fingerprint density at radius 2 is 1.73 bits per heavy atom. The topological polar surface area (TPSA) is 84.9 Å². The first-order valence-corrected chi connectivity index (χ1v) is 6.66. The highest BCUT2D eigenvalue weighted by Crippen LogP contribution is 2.31. The summed E-state index contributed by atoms with van der Waals surface area (Å²) in [5.41, 5.74) is 0.654. The van der Waals surface area contributed by atoms with Gasteiger partial charge in [0, 0.05) is 5.69 Å². The largest absolute Gasteiger partial charge is 0.485 e. The van der Waals surface area contributed by atoms with Crippen LogP contribution in [0.2, 0.25) is 0 Å². The molecule has 6 heteroatoms. The first kappa shape index (κ1) is 13.9. The molecule has 0 saturated heterocycles. The molecule has 1 aliphatic rings. The van der Waals surface area contributed by atoms with E-state index in [1.165, 1.54) is 24.3 Å². The number of hydrogen-bond donors (Lipinski definition) is 2. The molecule has 112 valence electrons. The Kier molecular flexibility index (Phi) is 3.65. The zero-order chi connectivity index (χ0) is 15.5. The van der Waals surface area contributed by atoms with Gasteiger partial charge >= 0.3 is 5.97 Å². The van der Waals surface area contributed by atoms with Crippen molar-refractivity contribution in [1.82, 2.24) is 0 Å². The van der Waals surface area contributed by atoms with Gasteiger partial charge in [0.05, 0.1) is 5.56 Å². The second kappa shape index (κ2) is 5.77. The molecular weight excluding hydrogens is 286 g/mol. The monoisotopic (exact) mass is 299 g/mol. The third-order valence-electron chi connectivity index (χ3n) is 3.20. The molecule has 1 atom stereocenters. The summed E-state index contributed by atoms with van der Waals surface area (Å²) in [6, 6.07) is 13.0. The van der Waals surface area contributed by atoms with Gasteiger partial charge in [0.2, 0.25) is 6.10 Å². The zero-order valence-electron chi connectivity index (χ0n) is 11.5. The van der Waals surface area contributed by atoms with Crippen LogP contribution in [0.1, 0.15) is 10.4 Å². The molecule has 1 amide bonds. The van der Waals surface area contributed by atoms with Crippen molar-refractivity contribution in [3.05, 3.63) is 54.1 Å². The lowest BCUT2D eigenvalue weighted by Gasteiger charge is -2.25. The number of amides is 1. The third kappa shape index (κ3) is 2.85. The number of para-hydroxylation sites is 2. The molecule has 1 heterocycles. The van der Waals surface area contributed by atoms with Gasteiger partial charge in [-0.15, -0.1) is 0 Å². The summed E-state index contributed by atoms with van der Waals surface area (Å²) in [5.74, 6) is -0.233. The lowest BCUT2D eigenvalue weighted by Crippen LogP contribution is -2.40. The van der Waals surface area contributed by atoms with E-state index in [1.807, 2.05) is 6.07 Å². The maximum atomic E-state index is 12.2. The molecule has 2 aromatic rings. The van der Waals surface area contributed by atoms with E-state index in [0.717, 1.165) is 0 Å². The lowest BCUT2D eigenvalue weighted by atomic mass is 10.2. The number of carboxylic acid groups (broad SMARTS) is 1. The molecular formula is C16H13NO5. The fraction of sp³-hybridized carbons (Fsp3) is 0.125. The van der Waals surface area contributed by atoms with Crippen molar-refractivity contribution in [1.29, 1.82) is 0 Å². The molecule has 22 heavy (non-hydrogen) atoms. The second-order valence-corrected chi connectivity index (χ2v) is 4.74. The molecule has 0 spiro atoms. The van der Waals surface area contributed by atoms with E-state index in [2.05, 4.69) is 5.32 Å². The molecule has 0 unspecified atom stereocenters. The van der Waals surface area contributed by atoms with Crippen LogP contribution in [0.25, 0.3) is 0 Å². The summed E-state index contributed by atoms with van der Waals surface area (Å²) in [5, 5.41) is 11.5. The molecule has 0 bridgehead atoms. The predicted molar refractivity (Wildman–Crippen MR) is 78.4 cm³/mol. The Balaban J connectivity index is 1.66. The summed E-state index contributed by atoms with van der Waals surface area (Å²) in [6.07, 6.45) is -0.756. The number of carbonyl (C=O) groups is 2. The summed E-state index contributed by atoms with van der Waals surface area (Å²) in [6.45, 7) is 0.121. The van der Waals surface area contributed by atoms with E-state index in [1.54, 1.807) is 18.2 Å². The van der Waals surface area contributed by atoms with E-state index in [4.69, 9.17) is 14.6 Å². The van der Waals surface area contributed by atoms with Crippen molar-refractivity contribution >= 4 is 17.6 Å². The van der Waals surface area contributed by atoms with Crippen molar-refractivity contribution < 1.29 is 24.2 Å². The SMILES string of the molecule is O=C(O)c1ccc(NC(=O)[C@@H]2COc3ccccc3O2)cc1. The Morgan fingerprint density at radius 1 is 1.05 bits per heavy atom. The number of aromatic carboxylic acids is 1. The van der Waals surface area contributed by atoms with Gasteiger partial charge in [0.15, 0.2) is 11.5 Å². The van der Waals surface area contributed by atoms with Crippen LogP contribution in [-0.4, -0.2) is 29.7 Å². The van der Waals surface area contributed by atoms with Crippen molar-refractivity contribution in [3.8, 4) is 11.5 Å². The van der Waals surface area contributed by atoms with Gasteiger partial charge in [0.25, 0.3) is 5.91 Å².